The molecule has 0 atom stereocenters. The Morgan fingerprint density at radius 1 is 1.32 bits per heavy atom. The zero-order chi connectivity index (χ0) is 19.1. The van der Waals surface area contributed by atoms with E-state index in [9.17, 15) is 9.59 Å². The van der Waals surface area contributed by atoms with Gasteiger partial charge in [0.2, 0.25) is 11.8 Å². The molecule has 1 aromatic rings. The number of halogens is 1. The van der Waals surface area contributed by atoms with Gasteiger partial charge >= 0.3 is 0 Å². The summed E-state index contributed by atoms with van der Waals surface area (Å²) in [6.07, 6.45) is 4.02. The molecule has 2 aliphatic rings. The molecule has 0 spiro atoms. The van der Waals surface area contributed by atoms with Crippen LogP contribution in [0.15, 0.2) is 17.5 Å². The van der Waals surface area contributed by atoms with E-state index >= 15 is 0 Å². The summed E-state index contributed by atoms with van der Waals surface area (Å²) in [6, 6.07) is 4.13. The van der Waals surface area contributed by atoms with Gasteiger partial charge in [0.1, 0.15) is 0 Å². The molecule has 1 aromatic heterocycles. The molecule has 158 valence electrons. The fraction of sp³-hybridized carbons (Fsp3) is 0.700. The van der Waals surface area contributed by atoms with Gasteiger partial charge < -0.3 is 20.3 Å². The second kappa shape index (κ2) is 11.1. The van der Waals surface area contributed by atoms with E-state index in [1.807, 2.05) is 11.0 Å². The van der Waals surface area contributed by atoms with Crippen molar-refractivity contribution in [2.45, 2.75) is 32.1 Å². The van der Waals surface area contributed by atoms with E-state index in [2.05, 4.69) is 22.1 Å². The van der Waals surface area contributed by atoms with Crippen LogP contribution in [0.3, 0.4) is 0 Å². The average molecular weight is 430 g/mol. The lowest BCUT2D eigenvalue weighted by Crippen LogP contribution is -2.54. The van der Waals surface area contributed by atoms with Gasteiger partial charge in [0, 0.05) is 37.5 Å². The maximum atomic E-state index is 13.2. The van der Waals surface area contributed by atoms with E-state index in [4.69, 9.17) is 4.74 Å². The van der Waals surface area contributed by atoms with Crippen LogP contribution in [-0.2, 0) is 20.7 Å². The molecule has 0 unspecified atom stereocenters. The minimum atomic E-state index is -0.393. The first-order valence-electron chi connectivity index (χ1n) is 9.94. The Balaban J connectivity index is 0.00000280. The van der Waals surface area contributed by atoms with Crippen LogP contribution in [0.1, 0.15) is 30.6 Å². The maximum Gasteiger partial charge on any atom is 0.231 e. The molecule has 8 heteroatoms. The van der Waals surface area contributed by atoms with E-state index in [0.29, 0.717) is 26.2 Å². The number of likely N-dealkylation sites (tertiary alicyclic amines) is 1. The molecule has 2 aliphatic heterocycles. The summed E-state index contributed by atoms with van der Waals surface area (Å²) in [5.41, 5.74) is -0.393. The number of nitrogens with zero attached hydrogens (tertiary/aromatic N) is 1. The topological polar surface area (TPSA) is 70.7 Å². The average Bonchev–Trinajstić information content (AvgIpc) is 3.22. The summed E-state index contributed by atoms with van der Waals surface area (Å²) in [4.78, 5) is 28.8. The third-order valence-corrected chi connectivity index (χ3v) is 6.77. The SMILES string of the molecule is COCC1(C(=O)N2CCC(C(=O)NCCc3cccs3)CC2)CCNCC1.Cl. The monoisotopic (exact) mass is 429 g/mol. The predicted octanol–water partition coefficient (Wildman–Crippen LogP) is 2.08. The number of thiophene rings is 1. The zero-order valence-corrected chi connectivity index (χ0v) is 18.2. The lowest BCUT2D eigenvalue weighted by molar-refractivity contribution is -0.150. The Morgan fingerprint density at radius 3 is 2.64 bits per heavy atom. The highest BCUT2D eigenvalue weighted by molar-refractivity contribution is 7.09. The zero-order valence-electron chi connectivity index (χ0n) is 16.6. The number of carbonyl (C=O) groups is 2. The number of rotatable bonds is 7. The minimum absolute atomic E-state index is 0. The van der Waals surface area contributed by atoms with E-state index in [0.717, 1.165) is 45.2 Å². The second-order valence-electron chi connectivity index (χ2n) is 7.65. The highest BCUT2D eigenvalue weighted by Gasteiger charge is 2.43. The number of methoxy groups -OCH3 is 1. The van der Waals surface area contributed by atoms with Crippen molar-refractivity contribution in [3.63, 3.8) is 0 Å². The number of amides is 2. The van der Waals surface area contributed by atoms with Crippen LogP contribution in [0, 0.1) is 11.3 Å². The van der Waals surface area contributed by atoms with Crippen molar-refractivity contribution >= 4 is 35.6 Å². The number of carbonyl (C=O) groups excluding carboxylic acids is 2. The third-order valence-electron chi connectivity index (χ3n) is 5.84. The number of hydrogen-bond acceptors (Lipinski definition) is 5. The Hall–Kier alpha value is -1.15. The Labute approximate surface area is 177 Å². The van der Waals surface area contributed by atoms with Gasteiger partial charge in [-0.25, -0.2) is 0 Å². The molecular weight excluding hydrogens is 398 g/mol. The van der Waals surface area contributed by atoms with Gasteiger partial charge in [0.15, 0.2) is 0 Å². The first-order valence-corrected chi connectivity index (χ1v) is 10.8. The van der Waals surface area contributed by atoms with Crippen molar-refractivity contribution in [2.24, 2.45) is 11.3 Å². The summed E-state index contributed by atoms with van der Waals surface area (Å²) in [6.45, 7) is 4.22. The summed E-state index contributed by atoms with van der Waals surface area (Å²) < 4.78 is 5.39. The van der Waals surface area contributed by atoms with E-state index in [1.54, 1.807) is 18.4 Å². The van der Waals surface area contributed by atoms with Crippen molar-refractivity contribution in [1.82, 2.24) is 15.5 Å². The Bertz CT molecular complexity index is 607. The minimum Gasteiger partial charge on any atom is -0.384 e. The van der Waals surface area contributed by atoms with Crippen LogP contribution < -0.4 is 10.6 Å². The molecule has 2 amide bonds. The van der Waals surface area contributed by atoms with Gasteiger partial charge in [-0.1, -0.05) is 6.07 Å². The van der Waals surface area contributed by atoms with Crippen molar-refractivity contribution < 1.29 is 14.3 Å². The first kappa shape index (κ1) is 23.1. The lowest BCUT2D eigenvalue weighted by Gasteiger charge is -2.41. The molecule has 0 bridgehead atoms. The fourth-order valence-corrected chi connectivity index (χ4v) is 4.90. The van der Waals surface area contributed by atoms with E-state index < -0.39 is 5.41 Å². The van der Waals surface area contributed by atoms with Crippen LogP contribution in [0.25, 0.3) is 0 Å². The van der Waals surface area contributed by atoms with Gasteiger partial charge in [-0.2, -0.15) is 0 Å². The van der Waals surface area contributed by atoms with Crippen LogP contribution in [-0.4, -0.2) is 63.2 Å². The summed E-state index contributed by atoms with van der Waals surface area (Å²) in [5, 5.41) is 8.45. The summed E-state index contributed by atoms with van der Waals surface area (Å²) in [5.74, 6) is 0.360. The number of ether oxygens (including phenoxy) is 1. The van der Waals surface area contributed by atoms with E-state index in [-0.39, 0.29) is 30.1 Å². The largest absolute Gasteiger partial charge is 0.384 e. The van der Waals surface area contributed by atoms with Crippen molar-refractivity contribution in [1.29, 1.82) is 0 Å². The molecule has 0 radical (unpaired) electrons. The molecule has 28 heavy (non-hydrogen) atoms. The second-order valence-corrected chi connectivity index (χ2v) is 8.68. The lowest BCUT2D eigenvalue weighted by atomic mass is 9.77. The molecular formula is C20H32ClN3O3S. The van der Waals surface area contributed by atoms with Crippen LogP contribution in [0.5, 0.6) is 0 Å². The van der Waals surface area contributed by atoms with E-state index in [1.165, 1.54) is 4.88 Å². The summed E-state index contributed by atoms with van der Waals surface area (Å²) >= 11 is 1.72. The third kappa shape index (κ3) is 5.69. The molecule has 3 heterocycles. The first-order chi connectivity index (χ1) is 13.1. The Kier molecular flexibility index (Phi) is 9.21. The predicted molar refractivity (Wildman–Crippen MR) is 114 cm³/mol. The van der Waals surface area contributed by atoms with Crippen LogP contribution in [0.4, 0.5) is 0 Å². The normalized spacial score (nSPS) is 19.7. The molecule has 6 nitrogen and oxygen atoms in total. The van der Waals surface area contributed by atoms with Gasteiger partial charge in [-0.15, -0.1) is 23.7 Å². The molecule has 2 N–H and O–H groups in total. The maximum absolute atomic E-state index is 13.2. The standard InChI is InChI=1S/C20H31N3O3S.ClH/c1-26-15-20(7-10-21-11-8-20)19(25)23-12-5-16(6-13-23)18(24)22-9-4-17-3-2-14-27-17;/h2-3,14,16,21H,4-13,15H2,1H3,(H,22,24);1H. The quantitative estimate of drug-likeness (QED) is 0.696. The smallest absolute Gasteiger partial charge is 0.231 e. The Morgan fingerprint density at radius 2 is 2.04 bits per heavy atom. The highest BCUT2D eigenvalue weighted by atomic mass is 35.5. The fourth-order valence-electron chi connectivity index (χ4n) is 4.19. The summed E-state index contributed by atoms with van der Waals surface area (Å²) in [7, 11) is 1.67. The van der Waals surface area contributed by atoms with Gasteiger partial charge in [0.25, 0.3) is 0 Å². The molecule has 0 saturated carbocycles. The van der Waals surface area contributed by atoms with Gasteiger partial charge in [0.05, 0.1) is 12.0 Å². The molecule has 2 saturated heterocycles. The van der Waals surface area contributed by atoms with Crippen molar-refractivity contribution in [3.05, 3.63) is 22.4 Å². The molecule has 0 aliphatic carbocycles. The molecule has 2 fully saturated rings. The molecule has 0 aromatic carbocycles. The highest BCUT2D eigenvalue weighted by Crippen LogP contribution is 2.33. The van der Waals surface area contributed by atoms with Crippen LogP contribution >= 0.6 is 23.7 Å². The number of piperidine rings is 2. The van der Waals surface area contributed by atoms with Crippen LogP contribution in [0.2, 0.25) is 0 Å². The van der Waals surface area contributed by atoms with Gasteiger partial charge in [-0.05, 0) is 56.6 Å². The van der Waals surface area contributed by atoms with Crippen molar-refractivity contribution in [2.75, 3.05) is 46.4 Å². The van der Waals surface area contributed by atoms with Gasteiger partial charge in [-0.3, -0.25) is 9.59 Å². The van der Waals surface area contributed by atoms with Crippen molar-refractivity contribution in [3.8, 4) is 0 Å². The molecule has 3 rings (SSSR count). The number of nitrogens with one attached hydrogen (secondary N) is 2. The number of hydrogen-bond donors (Lipinski definition) is 2.